The van der Waals surface area contributed by atoms with Gasteiger partial charge < -0.3 is 14.2 Å². The van der Waals surface area contributed by atoms with Crippen LogP contribution >= 0.6 is 0 Å². The van der Waals surface area contributed by atoms with Crippen LogP contribution in [0.15, 0.2) is 12.2 Å². The minimum Gasteiger partial charge on any atom is -0.463 e. The van der Waals surface area contributed by atoms with Gasteiger partial charge in [-0.3, -0.25) is 0 Å². The quantitative estimate of drug-likeness (QED) is 0.161. The number of hydrogen-bond acceptors (Lipinski definition) is 5. The fraction of sp³-hybridized carbons (Fsp3) is 0.826. The topological polar surface area (TPSA) is 61.8 Å². The molecule has 0 fully saturated rings. The molecule has 0 aromatic rings. The van der Waals surface area contributed by atoms with Gasteiger partial charge >= 0.3 is 11.9 Å². The minimum atomic E-state index is -0.505. The highest BCUT2D eigenvalue weighted by Gasteiger charge is 2.05. The van der Waals surface area contributed by atoms with Crippen molar-refractivity contribution in [3.63, 3.8) is 0 Å². The van der Waals surface area contributed by atoms with Crippen LogP contribution in [0.5, 0.6) is 0 Å². The molecular formula is C23H42O5. The Morgan fingerprint density at radius 1 is 0.714 bits per heavy atom. The summed E-state index contributed by atoms with van der Waals surface area (Å²) in [5, 5.41) is 0. The Hall–Kier alpha value is -1.36. The molecule has 0 aliphatic rings. The third-order valence-electron chi connectivity index (χ3n) is 4.77. The molecule has 0 rings (SSSR count). The number of ether oxygens (including phenoxy) is 3. The van der Waals surface area contributed by atoms with Gasteiger partial charge in [0.2, 0.25) is 0 Å². The molecule has 0 saturated heterocycles. The van der Waals surface area contributed by atoms with Crippen molar-refractivity contribution in [2.75, 3.05) is 26.9 Å². The Morgan fingerprint density at radius 3 is 1.71 bits per heavy atom. The van der Waals surface area contributed by atoms with Gasteiger partial charge in [0, 0.05) is 25.9 Å². The van der Waals surface area contributed by atoms with Crippen molar-refractivity contribution in [2.45, 2.75) is 90.9 Å². The smallest absolute Gasteiger partial charge is 0.331 e. The van der Waals surface area contributed by atoms with Crippen LogP contribution < -0.4 is 0 Å². The summed E-state index contributed by atoms with van der Waals surface area (Å²) in [5.74, 6) is -0.557. The first-order valence-electron chi connectivity index (χ1n) is 11.1. The molecule has 0 heterocycles. The molecule has 0 aliphatic carbocycles. The van der Waals surface area contributed by atoms with Crippen molar-refractivity contribution in [3.8, 4) is 0 Å². The van der Waals surface area contributed by atoms with E-state index in [1.807, 2.05) is 0 Å². The molecule has 5 heteroatoms. The molecule has 0 amide bonds. The van der Waals surface area contributed by atoms with Gasteiger partial charge in [-0.25, -0.2) is 9.59 Å². The molecule has 0 aromatic carbocycles. The van der Waals surface area contributed by atoms with Gasteiger partial charge in [0.05, 0.1) is 13.2 Å². The summed E-state index contributed by atoms with van der Waals surface area (Å²) in [5.41, 5.74) is 0. The largest absolute Gasteiger partial charge is 0.463 e. The van der Waals surface area contributed by atoms with Gasteiger partial charge in [0.15, 0.2) is 0 Å². The van der Waals surface area contributed by atoms with E-state index < -0.39 is 11.9 Å². The lowest BCUT2D eigenvalue weighted by molar-refractivity contribution is -0.140. The molecule has 28 heavy (non-hydrogen) atoms. The molecular weight excluding hydrogens is 356 g/mol. The highest BCUT2D eigenvalue weighted by molar-refractivity contribution is 5.91. The first-order valence-corrected chi connectivity index (χ1v) is 11.1. The van der Waals surface area contributed by atoms with Crippen LogP contribution in [0, 0.1) is 5.92 Å². The highest BCUT2D eigenvalue weighted by atomic mass is 16.5. The first-order chi connectivity index (χ1) is 13.6. The van der Waals surface area contributed by atoms with Crippen LogP contribution in [0.1, 0.15) is 90.9 Å². The van der Waals surface area contributed by atoms with E-state index in [2.05, 4.69) is 13.8 Å². The van der Waals surface area contributed by atoms with Crippen LogP contribution in [0.2, 0.25) is 0 Å². The first kappa shape index (κ1) is 26.6. The Morgan fingerprint density at radius 2 is 1.18 bits per heavy atom. The van der Waals surface area contributed by atoms with Crippen molar-refractivity contribution in [3.05, 3.63) is 12.2 Å². The number of carbonyl (C=O) groups is 2. The van der Waals surface area contributed by atoms with Crippen molar-refractivity contribution in [1.82, 2.24) is 0 Å². The molecule has 0 spiro atoms. The van der Waals surface area contributed by atoms with Crippen LogP contribution in [0.4, 0.5) is 0 Å². The van der Waals surface area contributed by atoms with Gasteiger partial charge in [-0.05, 0) is 25.2 Å². The van der Waals surface area contributed by atoms with Crippen LogP contribution in [0.25, 0.3) is 0 Å². The van der Waals surface area contributed by atoms with E-state index in [1.165, 1.54) is 51.4 Å². The summed E-state index contributed by atoms with van der Waals surface area (Å²) in [6.45, 7) is 5.79. The second-order valence-corrected chi connectivity index (χ2v) is 7.53. The van der Waals surface area contributed by atoms with Crippen molar-refractivity contribution in [1.29, 1.82) is 0 Å². The van der Waals surface area contributed by atoms with E-state index in [-0.39, 0.29) is 0 Å². The van der Waals surface area contributed by atoms with Gasteiger partial charge in [-0.15, -0.1) is 0 Å². The van der Waals surface area contributed by atoms with Gasteiger partial charge in [-0.1, -0.05) is 71.6 Å². The maximum atomic E-state index is 11.6. The van der Waals surface area contributed by atoms with Crippen molar-refractivity contribution >= 4 is 11.9 Å². The minimum absolute atomic E-state index is 0.349. The van der Waals surface area contributed by atoms with Gasteiger partial charge in [0.1, 0.15) is 0 Å². The summed E-state index contributed by atoms with van der Waals surface area (Å²) in [6, 6.07) is 0. The molecule has 0 aromatic heterocycles. The molecule has 1 atom stereocenters. The van der Waals surface area contributed by atoms with E-state index >= 15 is 0 Å². The zero-order valence-electron chi connectivity index (χ0n) is 18.4. The molecule has 164 valence electrons. The number of unbranched alkanes of at least 4 members (excludes halogenated alkanes) is 9. The van der Waals surface area contributed by atoms with Gasteiger partial charge in [0.25, 0.3) is 0 Å². The Balaban J connectivity index is 3.51. The Kier molecular flexibility index (Phi) is 19.4. The molecule has 1 unspecified atom stereocenters. The number of esters is 2. The molecule has 0 bridgehead atoms. The maximum Gasteiger partial charge on any atom is 0.331 e. The number of methoxy groups -OCH3 is 1. The van der Waals surface area contributed by atoms with E-state index in [9.17, 15) is 9.59 Å². The second kappa shape index (κ2) is 20.4. The van der Waals surface area contributed by atoms with E-state index in [0.29, 0.717) is 25.7 Å². The van der Waals surface area contributed by atoms with Crippen LogP contribution in [-0.2, 0) is 23.8 Å². The molecule has 0 saturated carbocycles. The monoisotopic (exact) mass is 398 g/mol. The average molecular weight is 399 g/mol. The van der Waals surface area contributed by atoms with Crippen LogP contribution in [-0.4, -0.2) is 38.9 Å². The Bertz CT molecular complexity index is 406. The summed E-state index contributed by atoms with van der Waals surface area (Å²) in [6.07, 6.45) is 16.4. The van der Waals surface area contributed by atoms with E-state index in [4.69, 9.17) is 14.2 Å². The molecule has 0 radical (unpaired) electrons. The zero-order valence-corrected chi connectivity index (χ0v) is 18.4. The number of rotatable bonds is 19. The number of hydrogen-bond donors (Lipinski definition) is 0. The molecule has 0 aliphatic heterocycles. The van der Waals surface area contributed by atoms with Crippen molar-refractivity contribution in [2.24, 2.45) is 5.92 Å². The maximum absolute atomic E-state index is 11.6. The summed E-state index contributed by atoms with van der Waals surface area (Å²) >= 11 is 0. The SMILES string of the molecule is CCCCCCCCCCCCOC(=O)/C=C/C(=O)OCCC(C)CCOC. The standard InChI is InChI=1S/C23H42O5/c1-4-5-6-7-8-9-10-11-12-13-18-27-22(24)14-15-23(25)28-20-17-21(2)16-19-26-3/h14-15,21H,4-13,16-20H2,1-3H3/b15-14+. The molecule has 0 N–H and O–H groups in total. The predicted octanol–water partition coefficient (Wildman–Crippen LogP) is 5.61. The fourth-order valence-electron chi connectivity index (χ4n) is 2.82. The lowest BCUT2D eigenvalue weighted by atomic mass is 10.1. The van der Waals surface area contributed by atoms with Gasteiger partial charge in [-0.2, -0.15) is 0 Å². The summed E-state index contributed by atoms with van der Waals surface area (Å²) in [7, 11) is 1.67. The summed E-state index contributed by atoms with van der Waals surface area (Å²) < 4.78 is 15.2. The van der Waals surface area contributed by atoms with Crippen LogP contribution in [0.3, 0.4) is 0 Å². The van der Waals surface area contributed by atoms with E-state index in [1.54, 1.807) is 7.11 Å². The lowest BCUT2D eigenvalue weighted by Gasteiger charge is -2.10. The highest BCUT2D eigenvalue weighted by Crippen LogP contribution is 2.10. The van der Waals surface area contributed by atoms with E-state index in [0.717, 1.165) is 37.8 Å². The molecule has 5 nitrogen and oxygen atoms in total. The second-order valence-electron chi connectivity index (χ2n) is 7.53. The van der Waals surface area contributed by atoms with Crippen molar-refractivity contribution < 1.29 is 23.8 Å². The summed E-state index contributed by atoms with van der Waals surface area (Å²) in [4.78, 5) is 23.1. The number of carbonyl (C=O) groups excluding carboxylic acids is 2. The lowest BCUT2D eigenvalue weighted by Crippen LogP contribution is -2.09. The zero-order chi connectivity index (χ0) is 20.9. The predicted molar refractivity (Wildman–Crippen MR) is 113 cm³/mol. The third-order valence-corrected chi connectivity index (χ3v) is 4.77. The third kappa shape index (κ3) is 19.4. The normalized spacial score (nSPS) is 12.2. The fourth-order valence-corrected chi connectivity index (χ4v) is 2.82. The Labute approximate surface area is 172 Å². The average Bonchev–Trinajstić information content (AvgIpc) is 2.68.